The smallest absolute Gasteiger partial charge is 0.336 e. The summed E-state index contributed by atoms with van der Waals surface area (Å²) in [5, 5.41) is 9.07. The van der Waals surface area contributed by atoms with E-state index in [1.807, 2.05) is 0 Å². The van der Waals surface area contributed by atoms with Crippen molar-refractivity contribution in [2.45, 2.75) is 0 Å². The highest BCUT2D eigenvalue weighted by molar-refractivity contribution is 9.10. The van der Waals surface area contributed by atoms with Gasteiger partial charge in [-0.15, -0.1) is 0 Å². The molecule has 0 saturated carbocycles. The van der Waals surface area contributed by atoms with Crippen molar-refractivity contribution in [2.24, 2.45) is 0 Å². The number of nitrogens with one attached hydrogen (secondary N) is 2. The van der Waals surface area contributed by atoms with Crippen LogP contribution in [0.25, 0.3) is 0 Å². The standard InChI is InChI=1S/C16H13BrN2O5/c1-24-13-7-6-9(8-12(13)17)14(20)18-19-15(21)10-4-2-3-5-11(10)16(22)23/h2-8H,1H3,(H,18,20)(H,19,21)(H,22,23). The van der Waals surface area contributed by atoms with E-state index in [1.54, 1.807) is 6.07 Å². The maximum absolute atomic E-state index is 12.1. The monoisotopic (exact) mass is 392 g/mol. The number of aromatic carboxylic acids is 1. The van der Waals surface area contributed by atoms with Crippen LogP contribution in [-0.4, -0.2) is 30.0 Å². The van der Waals surface area contributed by atoms with Gasteiger partial charge in [0, 0.05) is 5.56 Å². The van der Waals surface area contributed by atoms with Crippen molar-refractivity contribution in [2.75, 3.05) is 7.11 Å². The van der Waals surface area contributed by atoms with E-state index < -0.39 is 17.8 Å². The van der Waals surface area contributed by atoms with Gasteiger partial charge in [0.1, 0.15) is 5.75 Å². The Morgan fingerprint density at radius 2 is 1.62 bits per heavy atom. The molecule has 0 bridgehead atoms. The number of carboxylic acid groups (broad SMARTS) is 1. The molecule has 0 aromatic heterocycles. The summed E-state index contributed by atoms with van der Waals surface area (Å²) in [5.41, 5.74) is 4.50. The maximum Gasteiger partial charge on any atom is 0.336 e. The number of ether oxygens (including phenoxy) is 1. The fourth-order valence-electron chi connectivity index (χ4n) is 1.93. The fourth-order valence-corrected chi connectivity index (χ4v) is 2.47. The van der Waals surface area contributed by atoms with Crippen LogP contribution in [0, 0.1) is 0 Å². The molecule has 2 aromatic rings. The second-order valence-corrected chi connectivity index (χ2v) is 5.46. The summed E-state index contributed by atoms with van der Waals surface area (Å²) in [6.07, 6.45) is 0. The van der Waals surface area contributed by atoms with E-state index in [2.05, 4.69) is 26.8 Å². The Kier molecular flexibility index (Phi) is 5.54. The molecular formula is C16H13BrN2O5. The van der Waals surface area contributed by atoms with Gasteiger partial charge in [0.05, 0.1) is 22.7 Å². The van der Waals surface area contributed by atoms with Crippen molar-refractivity contribution >= 4 is 33.7 Å². The highest BCUT2D eigenvalue weighted by Gasteiger charge is 2.16. The van der Waals surface area contributed by atoms with Gasteiger partial charge >= 0.3 is 5.97 Å². The largest absolute Gasteiger partial charge is 0.496 e. The molecule has 0 aliphatic carbocycles. The van der Waals surface area contributed by atoms with Crippen LogP contribution < -0.4 is 15.6 Å². The van der Waals surface area contributed by atoms with Crippen LogP contribution in [0.2, 0.25) is 0 Å². The Bertz CT molecular complexity index is 807. The number of carbonyl (C=O) groups excluding carboxylic acids is 2. The third-order valence-electron chi connectivity index (χ3n) is 3.11. The van der Waals surface area contributed by atoms with Gasteiger partial charge in [0.15, 0.2) is 0 Å². The number of hydrogen-bond donors (Lipinski definition) is 3. The first kappa shape index (κ1) is 17.5. The lowest BCUT2D eigenvalue weighted by Crippen LogP contribution is -2.42. The quantitative estimate of drug-likeness (QED) is 0.691. The Morgan fingerprint density at radius 1 is 1.00 bits per heavy atom. The average molecular weight is 393 g/mol. The fraction of sp³-hybridized carbons (Fsp3) is 0.0625. The number of rotatable bonds is 4. The predicted octanol–water partition coefficient (Wildman–Crippen LogP) is 2.23. The van der Waals surface area contributed by atoms with Crippen LogP contribution in [0.1, 0.15) is 31.1 Å². The van der Waals surface area contributed by atoms with E-state index in [1.165, 1.54) is 43.5 Å². The summed E-state index contributed by atoms with van der Waals surface area (Å²) >= 11 is 3.26. The normalized spacial score (nSPS) is 9.92. The molecule has 0 heterocycles. The number of carboxylic acids is 1. The third kappa shape index (κ3) is 3.90. The summed E-state index contributed by atoms with van der Waals surface area (Å²) in [6, 6.07) is 10.4. The minimum Gasteiger partial charge on any atom is -0.496 e. The number of hydrogen-bond acceptors (Lipinski definition) is 4. The molecule has 2 aromatic carbocycles. The van der Waals surface area contributed by atoms with Gasteiger partial charge in [0.25, 0.3) is 11.8 Å². The van der Waals surface area contributed by atoms with Gasteiger partial charge in [-0.05, 0) is 46.3 Å². The van der Waals surface area contributed by atoms with Crippen molar-refractivity contribution in [3.8, 4) is 5.75 Å². The zero-order chi connectivity index (χ0) is 17.7. The number of benzene rings is 2. The Hall–Kier alpha value is -2.87. The third-order valence-corrected chi connectivity index (χ3v) is 3.73. The second-order valence-electron chi connectivity index (χ2n) is 4.61. The lowest BCUT2D eigenvalue weighted by Gasteiger charge is -2.10. The number of halogens is 1. The Morgan fingerprint density at radius 3 is 2.21 bits per heavy atom. The average Bonchev–Trinajstić information content (AvgIpc) is 2.59. The van der Waals surface area contributed by atoms with Crippen LogP contribution in [0.5, 0.6) is 5.75 Å². The molecule has 124 valence electrons. The lowest BCUT2D eigenvalue weighted by molar-refractivity contribution is 0.0690. The van der Waals surface area contributed by atoms with E-state index in [4.69, 9.17) is 9.84 Å². The number of hydrazine groups is 1. The molecule has 0 atom stereocenters. The van der Waals surface area contributed by atoms with E-state index in [0.717, 1.165) is 0 Å². The first-order valence-corrected chi connectivity index (χ1v) is 7.50. The van der Waals surface area contributed by atoms with Gasteiger partial charge in [-0.1, -0.05) is 12.1 Å². The first-order chi connectivity index (χ1) is 11.4. The Balaban J connectivity index is 2.08. The molecule has 0 radical (unpaired) electrons. The summed E-state index contributed by atoms with van der Waals surface area (Å²) in [6.45, 7) is 0. The zero-order valence-electron chi connectivity index (χ0n) is 12.5. The van der Waals surface area contributed by atoms with Gasteiger partial charge in [-0.3, -0.25) is 20.4 Å². The summed E-state index contributed by atoms with van der Waals surface area (Å²) in [5.74, 6) is -1.95. The molecule has 0 fully saturated rings. The summed E-state index contributed by atoms with van der Waals surface area (Å²) in [4.78, 5) is 35.2. The van der Waals surface area contributed by atoms with Crippen molar-refractivity contribution < 1.29 is 24.2 Å². The van der Waals surface area contributed by atoms with Crippen molar-refractivity contribution in [1.82, 2.24) is 10.9 Å². The minimum atomic E-state index is -1.23. The van der Waals surface area contributed by atoms with E-state index in [0.29, 0.717) is 10.2 Å². The van der Waals surface area contributed by atoms with Crippen LogP contribution in [-0.2, 0) is 0 Å². The molecule has 0 aliphatic heterocycles. The molecule has 7 nitrogen and oxygen atoms in total. The topological polar surface area (TPSA) is 105 Å². The van der Waals surface area contributed by atoms with Gasteiger partial charge in [-0.2, -0.15) is 0 Å². The van der Waals surface area contributed by atoms with Crippen LogP contribution >= 0.6 is 15.9 Å². The molecule has 0 aliphatic rings. The second kappa shape index (κ2) is 7.60. The molecular weight excluding hydrogens is 380 g/mol. The maximum atomic E-state index is 12.1. The minimum absolute atomic E-state index is 0.0544. The highest BCUT2D eigenvalue weighted by atomic mass is 79.9. The Labute approximate surface area is 145 Å². The molecule has 2 rings (SSSR count). The molecule has 8 heteroatoms. The van der Waals surface area contributed by atoms with Crippen molar-refractivity contribution in [3.63, 3.8) is 0 Å². The highest BCUT2D eigenvalue weighted by Crippen LogP contribution is 2.25. The van der Waals surface area contributed by atoms with E-state index in [-0.39, 0.29) is 16.7 Å². The predicted molar refractivity (Wildman–Crippen MR) is 89.0 cm³/mol. The number of carbonyl (C=O) groups is 3. The number of amides is 2. The van der Waals surface area contributed by atoms with Crippen LogP contribution in [0.15, 0.2) is 46.9 Å². The lowest BCUT2D eigenvalue weighted by atomic mass is 10.1. The first-order valence-electron chi connectivity index (χ1n) is 6.70. The molecule has 0 unspecified atom stereocenters. The summed E-state index contributed by atoms with van der Waals surface area (Å²) < 4.78 is 5.65. The molecule has 24 heavy (non-hydrogen) atoms. The molecule has 3 N–H and O–H groups in total. The van der Waals surface area contributed by atoms with Crippen molar-refractivity contribution in [1.29, 1.82) is 0 Å². The number of methoxy groups -OCH3 is 1. The van der Waals surface area contributed by atoms with Crippen LogP contribution in [0.4, 0.5) is 0 Å². The zero-order valence-corrected chi connectivity index (χ0v) is 14.1. The molecule has 0 saturated heterocycles. The van der Waals surface area contributed by atoms with Crippen LogP contribution in [0.3, 0.4) is 0 Å². The van der Waals surface area contributed by atoms with Gasteiger partial charge in [-0.25, -0.2) is 4.79 Å². The van der Waals surface area contributed by atoms with Gasteiger partial charge < -0.3 is 9.84 Å². The van der Waals surface area contributed by atoms with E-state index in [9.17, 15) is 14.4 Å². The molecule has 0 spiro atoms. The molecule has 2 amide bonds. The SMILES string of the molecule is COc1ccc(C(=O)NNC(=O)c2ccccc2C(=O)O)cc1Br. The summed E-state index contributed by atoms with van der Waals surface area (Å²) in [7, 11) is 1.50. The van der Waals surface area contributed by atoms with Gasteiger partial charge in [0.2, 0.25) is 0 Å². The van der Waals surface area contributed by atoms with Crippen molar-refractivity contribution in [3.05, 3.63) is 63.6 Å². The van der Waals surface area contributed by atoms with E-state index >= 15 is 0 Å².